The van der Waals surface area contributed by atoms with Crippen LogP contribution in [-0.4, -0.2) is 24.2 Å². The van der Waals surface area contributed by atoms with Crippen molar-refractivity contribution in [3.63, 3.8) is 0 Å². The number of ketones is 1. The Morgan fingerprint density at radius 1 is 1.16 bits per heavy atom. The molecule has 1 atom stereocenters. The third-order valence-electron chi connectivity index (χ3n) is 3.96. The Morgan fingerprint density at radius 3 is 2.60 bits per heavy atom. The number of ether oxygens (including phenoxy) is 1. The minimum Gasteiger partial charge on any atom is -0.491 e. The highest BCUT2D eigenvalue weighted by Crippen LogP contribution is 2.28. The molecular weight excluding hydrogens is 320 g/mol. The minimum absolute atomic E-state index is 0.00822. The standard InChI is InChI=1S/C19H18N2O4/c1-12(22)13-6-8-15(9-7-13)20-18(23)10-14-11-25-17-5-3-2-4-16(17)21-19(14)24/h2-9,14H,10-11H2,1H3,(H,20,23)(H,21,24). The van der Waals surface area contributed by atoms with Crippen LogP contribution in [0.4, 0.5) is 11.4 Å². The zero-order valence-corrected chi connectivity index (χ0v) is 13.7. The van der Waals surface area contributed by atoms with Crippen LogP contribution in [0.25, 0.3) is 0 Å². The smallest absolute Gasteiger partial charge is 0.231 e. The number of anilines is 2. The molecule has 1 aliphatic heterocycles. The van der Waals surface area contributed by atoms with Gasteiger partial charge in [-0.1, -0.05) is 12.1 Å². The molecule has 2 aromatic rings. The molecule has 3 rings (SSSR count). The maximum atomic E-state index is 12.3. The largest absolute Gasteiger partial charge is 0.491 e. The van der Waals surface area contributed by atoms with Gasteiger partial charge in [-0.25, -0.2) is 0 Å². The Labute approximate surface area is 145 Å². The predicted molar refractivity (Wildman–Crippen MR) is 93.7 cm³/mol. The van der Waals surface area contributed by atoms with E-state index in [1.165, 1.54) is 6.92 Å². The lowest BCUT2D eigenvalue weighted by molar-refractivity contribution is -0.125. The molecule has 0 aromatic heterocycles. The minimum atomic E-state index is -0.580. The highest BCUT2D eigenvalue weighted by atomic mass is 16.5. The van der Waals surface area contributed by atoms with E-state index in [2.05, 4.69) is 10.6 Å². The van der Waals surface area contributed by atoms with Crippen molar-refractivity contribution < 1.29 is 19.1 Å². The third-order valence-corrected chi connectivity index (χ3v) is 3.96. The molecule has 0 fully saturated rings. The molecule has 0 spiro atoms. The first-order valence-electron chi connectivity index (χ1n) is 7.96. The SMILES string of the molecule is CC(=O)c1ccc(NC(=O)CC2COc3ccccc3NC2=O)cc1. The van der Waals surface area contributed by atoms with Crippen molar-refractivity contribution in [3.05, 3.63) is 54.1 Å². The number of fused-ring (bicyclic) bond motifs is 1. The van der Waals surface area contributed by atoms with Crippen molar-refractivity contribution in [2.45, 2.75) is 13.3 Å². The molecule has 1 aliphatic rings. The highest BCUT2D eigenvalue weighted by Gasteiger charge is 2.26. The summed E-state index contributed by atoms with van der Waals surface area (Å²) in [5, 5.41) is 5.51. The Hall–Kier alpha value is -3.15. The summed E-state index contributed by atoms with van der Waals surface area (Å²) in [5.41, 5.74) is 1.76. The number of carbonyl (C=O) groups is 3. The van der Waals surface area contributed by atoms with Crippen LogP contribution in [0, 0.1) is 5.92 Å². The van der Waals surface area contributed by atoms with E-state index in [1.54, 1.807) is 42.5 Å². The second kappa shape index (κ2) is 7.17. The molecule has 6 heteroatoms. The maximum absolute atomic E-state index is 12.3. The average molecular weight is 338 g/mol. The lowest BCUT2D eigenvalue weighted by Crippen LogP contribution is -2.29. The summed E-state index contributed by atoms with van der Waals surface area (Å²) in [6.07, 6.45) is 0.00822. The van der Waals surface area contributed by atoms with Crippen molar-refractivity contribution in [1.29, 1.82) is 0 Å². The fraction of sp³-hybridized carbons (Fsp3) is 0.211. The third kappa shape index (κ3) is 4.03. The summed E-state index contributed by atoms with van der Waals surface area (Å²) in [5.74, 6) is -0.551. The first-order valence-corrected chi connectivity index (χ1v) is 7.96. The lowest BCUT2D eigenvalue weighted by Gasteiger charge is -2.13. The molecule has 2 N–H and O–H groups in total. The molecule has 0 aliphatic carbocycles. The summed E-state index contributed by atoms with van der Waals surface area (Å²) < 4.78 is 5.62. The van der Waals surface area contributed by atoms with E-state index in [0.29, 0.717) is 22.7 Å². The molecule has 2 amide bonds. The van der Waals surface area contributed by atoms with E-state index < -0.39 is 5.92 Å². The molecule has 2 aromatic carbocycles. The van der Waals surface area contributed by atoms with Gasteiger partial charge in [-0.3, -0.25) is 14.4 Å². The number of amides is 2. The van der Waals surface area contributed by atoms with Gasteiger partial charge in [-0.15, -0.1) is 0 Å². The number of hydrogen-bond donors (Lipinski definition) is 2. The van der Waals surface area contributed by atoms with Crippen LogP contribution >= 0.6 is 0 Å². The Morgan fingerprint density at radius 2 is 1.88 bits per heavy atom. The number of Topliss-reactive ketones (excluding diaryl/α,β-unsaturated/α-hetero) is 1. The molecule has 0 saturated heterocycles. The number of rotatable bonds is 4. The molecule has 0 radical (unpaired) electrons. The van der Waals surface area contributed by atoms with Gasteiger partial charge in [0, 0.05) is 17.7 Å². The average Bonchev–Trinajstić information content (AvgIpc) is 2.74. The second-order valence-electron chi connectivity index (χ2n) is 5.88. The van der Waals surface area contributed by atoms with Crippen molar-refractivity contribution in [1.82, 2.24) is 0 Å². The van der Waals surface area contributed by atoms with Crippen LogP contribution in [-0.2, 0) is 9.59 Å². The number of hydrogen-bond acceptors (Lipinski definition) is 4. The molecule has 128 valence electrons. The van der Waals surface area contributed by atoms with Crippen LogP contribution in [0.2, 0.25) is 0 Å². The van der Waals surface area contributed by atoms with Crippen molar-refractivity contribution in [3.8, 4) is 5.75 Å². The summed E-state index contributed by atoms with van der Waals surface area (Å²) in [7, 11) is 0. The van der Waals surface area contributed by atoms with Crippen LogP contribution in [0.15, 0.2) is 48.5 Å². The van der Waals surface area contributed by atoms with Gasteiger partial charge in [-0.2, -0.15) is 0 Å². The Balaban J connectivity index is 1.61. The summed E-state index contributed by atoms with van der Waals surface area (Å²) in [4.78, 5) is 35.8. The van der Waals surface area contributed by atoms with Crippen LogP contribution in [0.1, 0.15) is 23.7 Å². The molecule has 6 nitrogen and oxygen atoms in total. The van der Waals surface area contributed by atoms with Gasteiger partial charge < -0.3 is 15.4 Å². The zero-order chi connectivity index (χ0) is 17.8. The second-order valence-corrected chi connectivity index (χ2v) is 5.88. The van der Waals surface area contributed by atoms with E-state index >= 15 is 0 Å². The molecule has 1 unspecified atom stereocenters. The highest BCUT2D eigenvalue weighted by molar-refractivity contribution is 6.00. The van der Waals surface area contributed by atoms with Gasteiger partial charge >= 0.3 is 0 Å². The van der Waals surface area contributed by atoms with Crippen LogP contribution in [0.3, 0.4) is 0 Å². The summed E-state index contributed by atoms with van der Waals surface area (Å²) in [6.45, 7) is 1.62. The quantitative estimate of drug-likeness (QED) is 0.840. The Kier molecular flexibility index (Phi) is 4.79. The van der Waals surface area contributed by atoms with E-state index in [0.717, 1.165) is 0 Å². The van der Waals surface area contributed by atoms with Crippen molar-refractivity contribution in [2.24, 2.45) is 5.92 Å². The van der Waals surface area contributed by atoms with Gasteiger partial charge in [0.25, 0.3) is 0 Å². The van der Waals surface area contributed by atoms with E-state index in [9.17, 15) is 14.4 Å². The van der Waals surface area contributed by atoms with E-state index in [4.69, 9.17) is 4.74 Å². The summed E-state index contributed by atoms with van der Waals surface area (Å²) in [6, 6.07) is 13.8. The van der Waals surface area contributed by atoms with Gasteiger partial charge in [0.05, 0.1) is 11.6 Å². The van der Waals surface area contributed by atoms with Gasteiger partial charge in [0.15, 0.2) is 5.78 Å². The molecule has 25 heavy (non-hydrogen) atoms. The van der Waals surface area contributed by atoms with Gasteiger partial charge in [-0.05, 0) is 43.3 Å². The molecular formula is C19H18N2O4. The normalized spacial score (nSPS) is 16.0. The van der Waals surface area contributed by atoms with Crippen LogP contribution in [0.5, 0.6) is 5.75 Å². The van der Waals surface area contributed by atoms with E-state index in [1.807, 2.05) is 6.07 Å². The number of nitrogens with one attached hydrogen (secondary N) is 2. The topological polar surface area (TPSA) is 84.5 Å². The van der Waals surface area contributed by atoms with E-state index in [-0.39, 0.29) is 30.6 Å². The zero-order valence-electron chi connectivity index (χ0n) is 13.7. The van der Waals surface area contributed by atoms with Crippen molar-refractivity contribution >= 4 is 29.0 Å². The fourth-order valence-electron chi connectivity index (χ4n) is 2.57. The van der Waals surface area contributed by atoms with Crippen molar-refractivity contribution in [2.75, 3.05) is 17.2 Å². The first-order chi connectivity index (χ1) is 12.0. The molecule has 1 heterocycles. The molecule has 0 saturated carbocycles. The number of benzene rings is 2. The monoisotopic (exact) mass is 338 g/mol. The fourth-order valence-corrected chi connectivity index (χ4v) is 2.57. The van der Waals surface area contributed by atoms with Gasteiger partial charge in [0.2, 0.25) is 11.8 Å². The first kappa shape index (κ1) is 16.7. The van der Waals surface area contributed by atoms with Gasteiger partial charge in [0.1, 0.15) is 12.4 Å². The number of carbonyl (C=O) groups excluding carboxylic acids is 3. The Bertz CT molecular complexity index is 814. The molecule has 0 bridgehead atoms. The summed E-state index contributed by atoms with van der Waals surface area (Å²) >= 11 is 0. The predicted octanol–water partition coefficient (Wildman–Crippen LogP) is 2.87. The number of para-hydroxylation sites is 2. The van der Waals surface area contributed by atoms with Crippen LogP contribution < -0.4 is 15.4 Å². The lowest BCUT2D eigenvalue weighted by atomic mass is 10.1. The maximum Gasteiger partial charge on any atom is 0.231 e.